The second-order valence-corrected chi connectivity index (χ2v) is 6.88. The molecule has 0 aliphatic carbocycles. The summed E-state index contributed by atoms with van der Waals surface area (Å²) in [5, 5.41) is -0.152. The third-order valence-corrected chi connectivity index (χ3v) is 5.19. The highest BCUT2D eigenvalue weighted by Crippen LogP contribution is 2.37. The summed E-state index contributed by atoms with van der Waals surface area (Å²) in [7, 11) is 1.62. The van der Waals surface area contributed by atoms with E-state index in [4.69, 9.17) is 9.47 Å². The Hall–Kier alpha value is -1.69. The van der Waals surface area contributed by atoms with Gasteiger partial charge in [0, 0.05) is 12.2 Å². The van der Waals surface area contributed by atoms with E-state index in [0.717, 1.165) is 36.3 Å². The highest BCUT2D eigenvalue weighted by Gasteiger charge is 2.31. The molecule has 24 heavy (non-hydrogen) atoms. The Morgan fingerprint density at radius 3 is 2.71 bits per heavy atom. The third-order valence-electron chi connectivity index (χ3n) is 3.91. The van der Waals surface area contributed by atoms with Crippen LogP contribution in [0.3, 0.4) is 0 Å². The van der Waals surface area contributed by atoms with Crippen molar-refractivity contribution in [3.05, 3.63) is 29.8 Å². The Morgan fingerprint density at radius 2 is 2.04 bits per heavy atom. The lowest BCUT2D eigenvalue weighted by molar-refractivity contribution is -0.150. The predicted molar refractivity (Wildman–Crippen MR) is 95.0 cm³/mol. The Bertz CT molecular complexity index is 546. The van der Waals surface area contributed by atoms with Crippen molar-refractivity contribution in [3.8, 4) is 5.75 Å². The lowest BCUT2D eigenvalue weighted by Crippen LogP contribution is -2.41. The number of esters is 1. The monoisotopic (exact) mass is 351 g/mol. The van der Waals surface area contributed by atoms with Crippen molar-refractivity contribution in [2.45, 2.75) is 38.0 Å². The summed E-state index contributed by atoms with van der Waals surface area (Å²) in [5.41, 5.74) is 0.993. The van der Waals surface area contributed by atoms with Crippen molar-refractivity contribution in [2.24, 2.45) is 0 Å². The van der Waals surface area contributed by atoms with Gasteiger partial charge in [0.15, 0.2) is 0 Å². The molecule has 0 aromatic heterocycles. The van der Waals surface area contributed by atoms with Crippen molar-refractivity contribution >= 4 is 23.6 Å². The zero-order chi connectivity index (χ0) is 17.4. The fourth-order valence-corrected chi connectivity index (χ4v) is 3.80. The summed E-state index contributed by atoms with van der Waals surface area (Å²) in [6.45, 7) is 2.54. The normalized spacial score (nSPS) is 17.7. The number of benzene rings is 1. The van der Waals surface area contributed by atoms with Crippen LogP contribution < -0.4 is 4.74 Å². The van der Waals surface area contributed by atoms with Gasteiger partial charge in [-0.2, -0.15) is 0 Å². The molecule has 2 rings (SSSR count). The Balaban J connectivity index is 2.00. The summed E-state index contributed by atoms with van der Waals surface area (Å²) in [6.07, 6.45) is 3.45. The van der Waals surface area contributed by atoms with E-state index in [1.807, 2.05) is 24.3 Å². The van der Waals surface area contributed by atoms with Crippen LogP contribution >= 0.6 is 11.8 Å². The number of rotatable bonds is 8. The van der Waals surface area contributed by atoms with Gasteiger partial charge < -0.3 is 14.4 Å². The topological polar surface area (TPSA) is 55.8 Å². The van der Waals surface area contributed by atoms with Crippen LogP contribution in [0.25, 0.3) is 0 Å². The molecule has 1 fully saturated rings. The molecule has 0 bridgehead atoms. The van der Waals surface area contributed by atoms with Gasteiger partial charge >= 0.3 is 5.97 Å². The molecule has 0 radical (unpaired) electrons. The van der Waals surface area contributed by atoms with Crippen LogP contribution in [-0.2, 0) is 14.3 Å². The molecule has 132 valence electrons. The number of unbranched alkanes of at least 4 members (excludes halogenated alkanes) is 2. The average Bonchev–Trinajstić information content (AvgIpc) is 2.60. The number of hydrogen-bond acceptors (Lipinski definition) is 5. The molecule has 1 aliphatic heterocycles. The van der Waals surface area contributed by atoms with Gasteiger partial charge in [-0.1, -0.05) is 31.9 Å². The Labute approximate surface area is 147 Å². The van der Waals surface area contributed by atoms with E-state index in [0.29, 0.717) is 13.0 Å². The van der Waals surface area contributed by atoms with Gasteiger partial charge in [-0.25, -0.2) is 0 Å². The molecule has 0 spiro atoms. The Morgan fingerprint density at radius 1 is 1.29 bits per heavy atom. The maximum absolute atomic E-state index is 12.3. The van der Waals surface area contributed by atoms with Crippen LogP contribution in [0, 0.1) is 0 Å². The number of thioether (sulfide) groups is 1. The molecule has 5 nitrogen and oxygen atoms in total. The summed E-state index contributed by atoms with van der Waals surface area (Å²) in [4.78, 5) is 26.0. The van der Waals surface area contributed by atoms with Crippen LogP contribution in [0.1, 0.15) is 43.5 Å². The second kappa shape index (κ2) is 9.57. The predicted octanol–water partition coefficient (Wildman–Crippen LogP) is 3.39. The van der Waals surface area contributed by atoms with E-state index in [1.54, 1.807) is 23.8 Å². The molecule has 1 unspecified atom stereocenters. The lowest BCUT2D eigenvalue weighted by Gasteiger charge is -2.34. The number of methoxy groups -OCH3 is 1. The molecular weight excluding hydrogens is 326 g/mol. The number of ether oxygens (including phenoxy) is 2. The van der Waals surface area contributed by atoms with E-state index in [1.165, 1.54) is 0 Å². The minimum atomic E-state index is -0.333. The number of carbonyl (C=O) groups excluding carboxylic acids is 2. The van der Waals surface area contributed by atoms with Crippen LogP contribution in [-0.4, -0.2) is 42.8 Å². The molecular formula is C18H25NO4S. The van der Waals surface area contributed by atoms with Gasteiger partial charge in [-0.3, -0.25) is 9.59 Å². The highest BCUT2D eigenvalue weighted by atomic mass is 32.2. The largest absolute Gasteiger partial charge is 0.497 e. The van der Waals surface area contributed by atoms with Crippen molar-refractivity contribution in [1.82, 2.24) is 4.90 Å². The zero-order valence-electron chi connectivity index (χ0n) is 14.3. The molecule has 1 aliphatic rings. The first-order chi connectivity index (χ1) is 11.7. The number of carbonyl (C=O) groups is 2. The van der Waals surface area contributed by atoms with Crippen molar-refractivity contribution < 1.29 is 19.1 Å². The molecule has 1 aromatic rings. The number of hydrogen-bond donors (Lipinski definition) is 0. The van der Waals surface area contributed by atoms with Crippen molar-refractivity contribution in [3.63, 3.8) is 0 Å². The van der Waals surface area contributed by atoms with E-state index in [-0.39, 0.29) is 23.8 Å². The zero-order valence-corrected chi connectivity index (χ0v) is 15.1. The van der Waals surface area contributed by atoms with E-state index in [2.05, 4.69) is 6.92 Å². The maximum Gasteiger partial charge on any atom is 0.325 e. The lowest BCUT2D eigenvalue weighted by atomic mass is 10.2. The summed E-state index contributed by atoms with van der Waals surface area (Å²) >= 11 is 1.67. The van der Waals surface area contributed by atoms with Gasteiger partial charge in [0.25, 0.3) is 0 Å². The van der Waals surface area contributed by atoms with E-state index in [9.17, 15) is 9.59 Å². The molecule has 0 saturated carbocycles. The fraction of sp³-hybridized carbons (Fsp3) is 0.556. The smallest absolute Gasteiger partial charge is 0.325 e. The van der Waals surface area contributed by atoms with E-state index < -0.39 is 0 Å². The van der Waals surface area contributed by atoms with Gasteiger partial charge in [0.1, 0.15) is 17.7 Å². The molecule has 1 amide bonds. The quantitative estimate of drug-likeness (QED) is 0.531. The van der Waals surface area contributed by atoms with E-state index >= 15 is 0 Å². The molecule has 6 heteroatoms. The van der Waals surface area contributed by atoms with Crippen molar-refractivity contribution in [2.75, 3.05) is 26.0 Å². The Kier molecular flexibility index (Phi) is 7.43. The van der Waals surface area contributed by atoms with Gasteiger partial charge in [0.2, 0.25) is 5.91 Å². The molecule has 1 heterocycles. The number of nitrogens with zero attached hydrogens (tertiary/aromatic N) is 1. The van der Waals surface area contributed by atoms with Crippen LogP contribution in [0.2, 0.25) is 0 Å². The summed E-state index contributed by atoms with van der Waals surface area (Å²) < 4.78 is 10.4. The standard InChI is InChI=1S/C18H25NO4S/c1-3-4-5-11-23-17(21)13-19-16(20)10-12-24-18(19)14-6-8-15(22-2)9-7-14/h6-9,18H,3-5,10-13H2,1-2H3. The molecule has 1 saturated heterocycles. The summed E-state index contributed by atoms with van der Waals surface area (Å²) in [6, 6.07) is 7.62. The number of amides is 1. The minimum absolute atomic E-state index is 0.0000706. The highest BCUT2D eigenvalue weighted by molar-refractivity contribution is 7.99. The molecule has 1 aromatic carbocycles. The minimum Gasteiger partial charge on any atom is -0.497 e. The van der Waals surface area contributed by atoms with Gasteiger partial charge in [-0.05, 0) is 24.1 Å². The average molecular weight is 351 g/mol. The van der Waals surface area contributed by atoms with Crippen LogP contribution in [0.5, 0.6) is 5.75 Å². The maximum atomic E-state index is 12.3. The van der Waals surface area contributed by atoms with Gasteiger partial charge in [0.05, 0.1) is 13.7 Å². The second-order valence-electron chi connectivity index (χ2n) is 5.70. The molecule has 1 atom stereocenters. The first-order valence-electron chi connectivity index (χ1n) is 8.36. The molecule has 0 N–H and O–H groups in total. The summed E-state index contributed by atoms with van der Waals surface area (Å²) in [5.74, 6) is 1.20. The third kappa shape index (κ3) is 5.16. The van der Waals surface area contributed by atoms with Crippen LogP contribution in [0.15, 0.2) is 24.3 Å². The first-order valence-corrected chi connectivity index (χ1v) is 9.41. The SMILES string of the molecule is CCCCCOC(=O)CN1C(=O)CCSC1c1ccc(OC)cc1. The van der Waals surface area contributed by atoms with Crippen molar-refractivity contribution in [1.29, 1.82) is 0 Å². The fourth-order valence-electron chi connectivity index (χ4n) is 2.56. The van der Waals surface area contributed by atoms with Gasteiger partial charge in [-0.15, -0.1) is 11.8 Å². The first kappa shape index (κ1) is 18.6. The van der Waals surface area contributed by atoms with Crippen LogP contribution in [0.4, 0.5) is 0 Å².